The van der Waals surface area contributed by atoms with Crippen LogP contribution >= 0.6 is 11.8 Å². The summed E-state index contributed by atoms with van der Waals surface area (Å²) in [5, 5.41) is 3.46. The number of para-hydroxylation sites is 1. The normalized spacial score (nSPS) is 11.9. The van der Waals surface area contributed by atoms with Crippen LogP contribution in [0.5, 0.6) is 0 Å². The summed E-state index contributed by atoms with van der Waals surface area (Å²) in [6.45, 7) is 6.24. The lowest BCUT2D eigenvalue weighted by Crippen LogP contribution is -2.33. The van der Waals surface area contributed by atoms with E-state index in [1.807, 2.05) is 6.07 Å². The zero-order valence-corrected chi connectivity index (χ0v) is 16.9. The van der Waals surface area contributed by atoms with Crippen LogP contribution in [-0.2, 0) is 17.8 Å². The molecule has 29 heavy (non-hydrogen) atoms. The van der Waals surface area contributed by atoms with Crippen molar-refractivity contribution in [3.63, 3.8) is 0 Å². The summed E-state index contributed by atoms with van der Waals surface area (Å²) < 4.78 is 14.5. The zero-order chi connectivity index (χ0) is 20.8. The Morgan fingerprint density at radius 2 is 2.00 bits per heavy atom. The first kappa shape index (κ1) is 20.8. The molecule has 3 rings (SSSR count). The van der Waals surface area contributed by atoms with Gasteiger partial charge in [-0.3, -0.25) is 14.2 Å². The molecule has 1 aromatic heterocycles. The molecule has 2 aromatic carbocycles. The van der Waals surface area contributed by atoms with E-state index >= 15 is 0 Å². The van der Waals surface area contributed by atoms with Gasteiger partial charge in [-0.05, 0) is 43.2 Å². The fourth-order valence-corrected chi connectivity index (χ4v) is 3.81. The highest BCUT2D eigenvalue weighted by Gasteiger charge is 2.18. The molecule has 0 aliphatic carbocycles. The molecule has 150 valence electrons. The van der Waals surface area contributed by atoms with E-state index < -0.39 is 5.25 Å². The van der Waals surface area contributed by atoms with Gasteiger partial charge in [0.1, 0.15) is 5.82 Å². The summed E-state index contributed by atoms with van der Waals surface area (Å²) in [6, 6.07) is 13.4. The molecule has 7 heteroatoms. The van der Waals surface area contributed by atoms with Gasteiger partial charge in [-0.25, -0.2) is 9.37 Å². The monoisotopic (exact) mass is 411 g/mol. The molecule has 0 bridgehead atoms. The summed E-state index contributed by atoms with van der Waals surface area (Å²) in [5.74, 6) is -0.430. The minimum Gasteiger partial charge on any atom is -0.355 e. The van der Waals surface area contributed by atoms with Gasteiger partial charge in [0.2, 0.25) is 5.91 Å². The lowest BCUT2D eigenvalue weighted by molar-refractivity contribution is -0.120. The number of nitrogens with zero attached hydrogens (tertiary/aromatic N) is 2. The number of hydrogen-bond donors (Lipinski definition) is 1. The lowest BCUT2D eigenvalue weighted by Gasteiger charge is -2.15. The van der Waals surface area contributed by atoms with Gasteiger partial charge in [0.05, 0.1) is 16.2 Å². The average molecular weight is 412 g/mol. The van der Waals surface area contributed by atoms with Crippen LogP contribution in [0.15, 0.2) is 71.1 Å². The van der Waals surface area contributed by atoms with E-state index in [2.05, 4.69) is 16.9 Å². The Kier molecular flexibility index (Phi) is 6.82. The maximum atomic E-state index is 13.0. The smallest absolute Gasteiger partial charge is 0.262 e. The summed E-state index contributed by atoms with van der Waals surface area (Å²) in [5.41, 5.74) is 1.40. The molecule has 0 unspecified atom stereocenters. The third-order valence-electron chi connectivity index (χ3n) is 4.42. The molecule has 0 radical (unpaired) electrons. The van der Waals surface area contributed by atoms with Crippen molar-refractivity contribution < 1.29 is 9.18 Å². The minimum atomic E-state index is -0.438. The van der Waals surface area contributed by atoms with Crippen molar-refractivity contribution in [2.24, 2.45) is 0 Å². The summed E-state index contributed by atoms with van der Waals surface area (Å²) in [6.07, 6.45) is 2.24. The van der Waals surface area contributed by atoms with Gasteiger partial charge in [0.15, 0.2) is 5.16 Å². The molecule has 5 nitrogen and oxygen atoms in total. The van der Waals surface area contributed by atoms with E-state index in [1.54, 1.807) is 43.3 Å². The fraction of sp³-hybridized carbons (Fsp3) is 0.227. The van der Waals surface area contributed by atoms with Crippen LogP contribution in [0.1, 0.15) is 12.5 Å². The number of benzene rings is 2. The molecule has 1 amide bonds. The van der Waals surface area contributed by atoms with Crippen molar-refractivity contribution >= 4 is 28.6 Å². The first-order valence-corrected chi connectivity index (χ1v) is 10.2. The number of aromatic nitrogens is 2. The molecule has 0 saturated heterocycles. The van der Waals surface area contributed by atoms with Crippen molar-refractivity contribution in [2.45, 2.75) is 30.3 Å². The zero-order valence-electron chi connectivity index (χ0n) is 16.1. The van der Waals surface area contributed by atoms with E-state index in [1.165, 1.54) is 28.5 Å². The second-order valence-electron chi connectivity index (χ2n) is 6.54. The third kappa shape index (κ3) is 5.12. The first-order valence-electron chi connectivity index (χ1n) is 9.29. The van der Waals surface area contributed by atoms with Crippen molar-refractivity contribution in [3.8, 4) is 0 Å². The van der Waals surface area contributed by atoms with E-state index in [-0.39, 0.29) is 17.3 Å². The average Bonchev–Trinajstić information content (AvgIpc) is 2.72. The van der Waals surface area contributed by atoms with Crippen LogP contribution in [0.3, 0.4) is 0 Å². The Bertz CT molecular complexity index is 1080. The molecular weight excluding hydrogens is 389 g/mol. The highest BCUT2D eigenvalue weighted by Crippen LogP contribution is 2.22. The molecule has 0 saturated carbocycles. The van der Waals surface area contributed by atoms with Crippen LogP contribution in [0.4, 0.5) is 4.39 Å². The van der Waals surface area contributed by atoms with E-state index in [9.17, 15) is 14.0 Å². The van der Waals surface area contributed by atoms with Crippen molar-refractivity contribution in [1.82, 2.24) is 14.9 Å². The van der Waals surface area contributed by atoms with Gasteiger partial charge in [-0.15, -0.1) is 6.58 Å². The van der Waals surface area contributed by atoms with Gasteiger partial charge in [0, 0.05) is 13.1 Å². The topological polar surface area (TPSA) is 64.0 Å². The quantitative estimate of drug-likeness (QED) is 0.350. The summed E-state index contributed by atoms with van der Waals surface area (Å²) >= 11 is 1.24. The highest BCUT2D eigenvalue weighted by molar-refractivity contribution is 8.00. The number of fused-ring (bicyclic) bond motifs is 1. The largest absolute Gasteiger partial charge is 0.355 e. The SMILES string of the molecule is C=CCn1c(S[C@H](C)C(=O)NCCc2ccc(F)cc2)nc2ccccc2c1=O. The predicted molar refractivity (Wildman–Crippen MR) is 115 cm³/mol. The predicted octanol–water partition coefficient (Wildman–Crippen LogP) is 3.56. The maximum Gasteiger partial charge on any atom is 0.262 e. The van der Waals surface area contributed by atoms with Gasteiger partial charge < -0.3 is 5.32 Å². The van der Waals surface area contributed by atoms with Crippen molar-refractivity contribution in [2.75, 3.05) is 6.54 Å². The van der Waals surface area contributed by atoms with Crippen LogP contribution in [-0.4, -0.2) is 27.3 Å². The number of hydrogen-bond acceptors (Lipinski definition) is 4. The molecule has 0 spiro atoms. The Balaban J connectivity index is 1.69. The minimum absolute atomic E-state index is 0.148. The van der Waals surface area contributed by atoms with Gasteiger partial charge in [-0.2, -0.15) is 0 Å². The third-order valence-corrected chi connectivity index (χ3v) is 5.51. The molecule has 3 aromatic rings. The Hall–Kier alpha value is -2.93. The number of allylic oxidation sites excluding steroid dienone is 1. The molecule has 1 heterocycles. The van der Waals surface area contributed by atoms with E-state index in [4.69, 9.17) is 0 Å². The van der Waals surface area contributed by atoms with Crippen molar-refractivity contribution in [3.05, 3.63) is 82.9 Å². The second kappa shape index (κ2) is 9.52. The molecular formula is C22H22FN3O2S. The second-order valence-corrected chi connectivity index (χ2v) is 7.85. The molecule has 0 fully saturated rings. The van der Waals surface area contributed by atoms with Crippen LogP contribution < -0.4 is 10.9 Å². The van der Waals surface area contributed by atoms with Crippen LogP contribution in [0.25, 0.3) is 10.9 Å². The number of halogens is 1. The van der Waals surface area contributed by atoms with Crippen LogP contribution in [0, 0.1) is 5.82 Å². The Labute approximate surface area is 172 Å². The van der Waals surface area contributed by atoms with Gasteiger partial charge in [0.25, 0.3) is 5.56 Å². The maximum absolute atomic E-state index is 13.0. The Morgan fingerprint density at radius 1 is 1.28 bits per heavy atom. The number of amides is 1. The summed E-state index contributed by atoms with van der Waals surface area (Å²) in [7, 11) is 0. The highest BCUT2D eigenvalue weighted by atomic mass is 32.2. The fourth-order valence-electron chi connectivity index (χ4n) is 2.86. The number of thioether (sulfide) groups is 1. The first-order chi connectivity index (χ1) is 14.0. The molecule has 0 aliphatic rings. The Morgan fingerprint density at radius 3 is 2.72 bits per heavy atom. The molecule has 0 aliphatic heterocycles. The van der Waals surface area contributed by atoms with Crippen LogP contribution in [0.2, 0.25) is 0 Å². The van der Waals surface area contributed by atoms with Crippen molar-refractivity contribution in [1.29, 1.82) is 0 Å². The number of carbonyl (C=O) groups is 1. The summed E-state index contributed by atoms with van der Waals surface area (Å²) in [4.78, 5) is 29.8. The molecule has 1 N–H and O–H groups in total. The number of carbonyl (C=O) groups excluding carboxylic acids is 1. The standard InChI is InChI=1S/C22H22FN3O2S/c1-3-14-26-21(28)18-6-4-5-7-19(18)25-22(26)29-15(2)20(27)24-13-12-16-8-10-17(23)11-9-16/h3-11,15H,1,12-14H2,2H3,(H,24,27)/t15-/m1/s1. The number of rotatable bonds is 8. The number of nitrogens with one attached hydrogen (secondary N) is 1. The lowest BCUT2D eigenvalue weighted by atomic mass is 10.1. The molecule has 1 atom stereocenters. The van der Waals surface area contributed by atoms with Gasteiger partial charge in [-0.1, -0.05) is 42.1 Å². The van der Waals surface area contributed by atoms with Gasteiger partial charge >= 0.3 is 0 Å². The van der Waals surface area contributed by atoms with E-state index in [0.717, 1.165) is 5.56 Å². The van der Waals surface area contributed by atoms with E-state index in [0.29, 0.717) is 35.6 Å².